The Balaban J connectivity index is 2.68. The summed E-state index contributed by atoms with van der Waals surface area (Å²) in [5.74, 6) is -0.651. The van der Waals surface area contributed by atoms with Gasteiger partial charge in [-0.1, -0.05) is 30.3 Å². The van der Waals surface area contributed by atoms with E-state index in [2.05, 4.69) is 10.3 Å². The summed E-state index contributed by atoms with van der Waals surface area (Å²) >= 11 is 0. The zero-order valence-corrected chi connectivity index (χ0v) is 12.2. The van der Waals surface area contributed by atoms with Crippen molar-refractivity contribution in [1.82, 2.24) is 4.98 Å². The molecule has 0 bridgehead atoms. The standard InChI is InChI=1S/C15H15N3O4/c1-3-22-15(19)11-9-17-12(10-7-5-4-6-8-10)14(18(20)21)13(11)16-2/h4-9H,3H2,1-2H3,(H,16,17). The number of hydrogen-bond donors (Lipinski definition) is 1. The van der Waals surface area contributed by atoms with E-state index in [9.17, 15) is 14.9 Å². The van der Waals surface area contributed by atoms with Crippen molar-refractivity contribution in [3.05, 3.63) is 52.2 Å². The first kappa shape index (κ1) is 15.4. The topological polar surface area (TPSA) is 94.4 Å². The fourth-order valence-electron chi connectivity index (χ4n) is 2.10. The molecule has 2 aromatic rings. The van der Waals surface area contributed by atoms with Crippen molar-refractivity contribution in [2.75, 3.05) is 19.0 Å². The van der Waals surface area contributed by atoms with E-state index in [0.717, 1.165) is 0 Å². The first-order valence-electron chi connectivity index (χ1n) is 6.67. The maximum absolute atomic E-state index is 11.9. The number of anilines is 1. The Morgan fingerprint density at radius 1 is 1.36 bits per heavy atom. The van der Waals surface area contributed by atoms with Crippen molar-refractivity contribution in [2.24, 2.45) is 0 Å². The van der Waals surface area contributed by atoms with Gasteiger partial charge in [-0.2, -0.15) is 0 Å². The van der Waals surface area contributed by atoms with Gasteiger partial charge in [-0.25, -0.2) is 9.78 Å². The summed E-state index contributed by atoms with van der Waals surface area (Å²) < 4.78 is 4.91. The van der Waals surface area contributed by atoms with Gasteiger partial charge in [-0.3, -0.25) is 10.1 Å². The minimum Gasteiger partial charge on any atom is -0.462 e. The Hall–Kier alpha value is -2.96. The Kier molecular flexibility index (Phi) is 4.67. The number of nitrogens with zero attached hydrogens (tertiary/aromatic N) is 2. The Morgan fingerprint density at radius 2 is 2.05 bits per heavy atom. The van der Waals surface area contributed by atoms with Gasteiger partial charge in [0.1, 0.15) is 16.9 Å². The number of carbonyl (C=O) groups excluding carboxylic acids is 1. The van der Waals surface area contributed by atoms with Crippen molar-refractivity contribution in [3.8, 4) is 11.3 Å². The van der Waals surface area contributed by atoms with E-state index in [-0.39, 0.29) is 29.2 Å². The summed E-state index contributed by atoms with van der Waals surface area (Å²) in [4.78, 5) is 27.0. The molecule has 22 heavy (non-hydrogen) atoms. The fraction of sp³-hybridized carbons (Fsp3) is 0.200. The molecule has 7 heteroatoms. The van der Waals surface area contributed by atoms with Crippen LogP contribution >= 0.6 is 0 Å². The quantitative estimate of drug-likeness (QED) is 0.518. The van der Waals surface area contributed by atoms with Crippen molar-refractivity contribution >= 4 is 17.3 Å². The number of esters is 1. The van der Waals surface area contributed by atoms with Crippen LogP contribution in [0.15, 0.2) is 36.5 Å². The summed E-state index contributed by atoms with van der Waals surface area (Å²) in [6.07, 6.45) is 1.29. The Morgan fingerprint density at radius 3 is 2.59 bits per heavy atom. The van der Waals surface area contributed by atoms with E-state index in [1.807, 2.05) is 0 Å². The molecule has 7 nitrogen and oxygen atoms in total. The molecule has 1 aromatic carbocycles. The van der Waals surface area contributed by atoms with Gasteiger partial charge in [0.25, 0.3) is 0 Å². The number of benzene rings is 1. The molecule has 0 aliphatic heterocycles. The lowest BCUT2D eigenvalue weighted by molar-refractivity contribution is -0.383. The normalized spacial score (nSPS) is 10.1. The van der Waals surface area contributed by atoms with Crippen LogP contribution in [0.4, 0.5) is 11.4 Å². The lowest BCUT2D eigenvalue weighted by atomic mass is 10.1. The molecule has 1 heterocycles. The van der Waals surface area contributed by atoms with Gasteiger partial charge in [-0.15, -0.1) is 0 Å². The third-order valence-corrected chi connectivity index (χ3v) is 3.03. The highest BCUT2D eigenvalue weighted by molar-refractivity contribution is 5.99. The number of ether oxygens (including phenoxy) is 1. The molecular formula is C15H15N3O4. The molecule has 0 fully saturated rings. The lowest BCUT2D eigenvalue weighted by Gasteiger charge is -2.11. The minimum atomic E-state index is -0.651. The molecule has 114 valence electrons. The third-order valence-electron chi connectivity index (χ3n) is 3.03. The van der Waals surface area contributed by atoms with E-state index in [4.69, 9.17) is 4.74 Å². The van der Waals surface area contributed by atoms with Gasteiger partial charge in [0.2, 0.25) is 0 Å². The van der Waals surface area contributed by atoms with Crippen LogP contribution in [-0.4, -0.2) is 29.5 Å². The second-order valence-corrected chi connectivity index (χ2v) is 4.34. The van der Waals surface area contributed by atoms with Gasteiger partial charge in [0.05, 0.1) is 11.5 Å². The SMILES string of the molecule is CCOC(=O)c1cnc(-c2ccccc2)c([N+](=O)[O-])c1NC. The van der Waals surface area contributed by atoms with Crippen molar-refractivity contribution < 1.29 is 14.5 Å². The van der Waals surface area contributed by atoms with Crippen LogP contribution in [0.3, 0.4) is 0 Å². The zero-order valence-electron chi connectivity index (χ0n) is 12.2. The van der Waals surface area contributed by atoms with Crippen LogP contribution in [-0.2, 0) is 4.74 Å². The highest BCUT2D eigenvalue weighted by Gasteiger charge is 2.28. The molecule has 0 aliphatic carbocycles. The molecule has 1 aromatic heterocycles. The maximum Gasteiger partial charge on any atom is 0.342 e. The Labute approximate surface area is 127 Å². The van der Waals surface area contributed by atoms with Gasteiger partial charge in [-0.05, 0) is 6.92 Å². The largest absolute Gasteiger partial charge is 0.462 e. The minimum absolute atomic E-state index is 0.0377. The van der Waals surface area contributed by atoms with Crippen LogP contribution in [0, 0.1) is 10.1 Å². The number of rotatable bonds is 5. The monoisotopic (exact) mass is 301 g/mol. The van der Waals surface area contributed by atoms with Crippen molar-refractivity contribution in [3.63, 3.8) is 0 Å². The van der Waals surface area contributed by atoms with E-state index in [1.54, 1.807) is 37.3 Å². The smallest absolute Gasteiger partial charge is 0.342 e. The fourth-order valence-corrected chi connectivity index (χ4v) is 2.10. The molecule has 0 unspecified atom stereocenters. The van der Waals surface area contributed by atoms with Crippen LogP contribution < -0.4 is 5.32 Å². The van der Waals surface area contributed by atoms with E-state index < -0.39 is 10.9 Å². The van der Waals surface area contributed by atoms with Crippen molar-refractivity contribution in [1.29, 1.82) is 0 Å². The lowest BCUT2D eigenvalue weighted by Crippen LogP contribution is -2.11. The number of nitro groups is 1. The summed E-state index contributed by atoms with van der Waals surface area (Å²) in [7, 11) is 1.51. The third kappa shape index (κ3) is 2.88. The predicted octanol–water partition coefficient (Wildman–Crippen LogP) is 2.88. The van der Waals surface area contributed by atoms with Crippen LogP contribution in [0.2, 0.25) is 0 Å². The number of hydrogen-bond acceptors (Lipinski definition) is 6. The first-order valence-corrected chi connectivity index (χ1v) is 6.67. The second kappa shape index (κ2) is 6.66. The predicted molar refractivity (Wildman–Crippen MR) is 81.8 cm³/mol. The molecule has 0 atom stereocenters. The van der Waals surface area contributed by atoms with E-state index >= 15 is 0 Å². The van der Waals surface area contributed by atoms with Crippen LogP contribution in [0.1, 0.15) is 17.3 Å². The second-order valence-electron chi connectivity index (χ2n) is 4.34. The van der Waals surface area contributed by atoms with E-state index in [1.165, 1.54) is 13.2 Å². The summed E-state index contributed by atoms with van der Waals surface area (Å²) in [5.41, 5.74) is 0.677. The number of nitrogens with one attached hydrogen (secondary N) is 1. The molecule has 0 saturated carbocycles. The molecule has 1 N–H and O–H groups in total. The molecule has 0 spiro atoms. The van der Waals surface area contributed by atoms with Crippen LogP contribution in [0.5, 0.6) is 0 Å². The summed E-state index contributed by atoms with van der Waals surface area (Å²) in [6.45, 7) is 1.84. The van der Waals surface area contributed by atoms with Gasteiger partial charge < -0.3 is 10.1 Å². The average molecular weight is 301 g/mol. The molecule has 0 aliphatic rings. The zero-order chi connectivity index (χ0) is 16.1. The Bertz CT molecular complexity index is 701. The molecular weight excluding hydrogens is 286 g/mol. The first-order chi connectivity index (χ1) is 10.6. The molecule has 0 amide bonds. The molecule has 0 saturated heterocycles. The molecule has 0 radical (unpaired) electrons. The van der Waals surface area contributed by atoms with Gasteiger partial charge in [0.15, 0.2) is 0 Å². The van der Waals surface area contributed by atoms with Gasteiger partial charge in [0, 0.05) is 18.8 Å². The number of aromatic nitrogens is 1. The van der Waals surface area contributed by atoms with Crippen molar-refractivity contribution in [2.45, 2.75) is 6.92 Å². The number of carbonyl (C=O) groups is 1. The highest BCUT2D eigenvalue weighted by Crippen LogP contribution is 2.36. The highest BCUT2D eigenvalue weighted by atomic mass is 16.6. The molecule has 2 rings (SSSR count). The number of pyridine rings is 1. The van der Waals surface area contributed by atoms with Crippen LogP contribution in [0.25, 0.3) is 11.3 Å². The van der Waals surface area contributed by atoms with Gasteiger partial charge >= 0.3 is 11.7 Å². The summed E-state index contributed by atoms with van der Waals surface area (Å²) in [5, 5.41) is 14.2. The van der Waals surface area contributed by atoms with E-state index in [0.29, 0.717) is 5.56 Å². The maximum atomic E-state index is 11.9. The average Bonchev–Trinajstić information content (AvgIpc) is 2.54. The summed E-state index contributed by atoms with van der Waals surface area (Å²) in [6, 6.07) is 8.77.